The summed E-state index contributed by atoms with van der Waals surface area (Å²) in [6, 6.07) is 0. The molecule has 3 N–H and O–H groups in total. The van der Waals surface area contributed by atoms with E-state index in [1.807, 2.05) is 0 Å². The van der Waals surface area contributed by atoms with Crippen molar-refractivity contribution in [3.63, 3.8) is 0 Å². The van der Waals surface area contributed by atoms with Crippen molar-refractivity contribution in [3.05, 3.63) is 0 Å². The smallest absolute Gasteiger partial charge is 0.357 e. The van der Waals surface area contributed by atoms with Gasteiger partial charge in [0.1, 0.15) is 0 Å². The van der Waals surface area contributed by atoms with Gasteiger partial charge in [-0.05, 0) is 6.92 Å². The molecule has 0 atom stereocenters. The Labute approximate surface area is 41.6 Å². The third kappa shape index (κ3) is 3.05. The molecule has 0 aromatic heterocycles. The molecule has 7 heavy (non-hydrogen) atoms. The van der Waals surface area contributed by atoms with Crippen molar-refractivity contribution < 1.29 is 9.63 Å². The van der Waals surface area contributed by atoms with Crippen molar-refractivity contribution in [2.45, 2.75) is 6.92 Å². The highest BCUT2D eigenvalue weighted by Crippen LogP contribution is 1.62. The molecule has 0 unspecified atom stereocenters. The summed E-state index contributed by atoms with van der Waals surface area (Å²) < 4.78 is 0. The Hall–Kier alpha value is -0.770. The summed E-state index contributed by atoms with van der Waals surface area (Å²) in [5.74, 6) is 4.45. The van der Waals surface area contributed by atoms with E-state index in [1.54, 1.807) is 6.92 Å². The molecule has 42 valence electrons. The highest BCUT2D eigenvalue weighted by Gasteiger charge is 1.90. The first-order chi connectivity index (χ1) is 3.31. The highest BCUT2D eigenvalue weighted by atomic mass is 16.7. The van der Waals surface area contributed by atoms with Crippen LogP contribution in [0.25, 0.3) is 0 Å². The molecule has 0 spiro atoms. The van der Waals surface area contributed by atoms with Gasteiger partial charge in [0.15, 0.2) is 0 Å². The first-order valence-electron chi connectivity index (χ1n) is 1.95. The van der Waals surface area contributed by atoms with E-state index < -0.39 is 6.09 Å². The van der Waals surface area contributed by atoms with Crippen LogP contribution in [0, 0.1) is 0 Å². The number of nitrogens with one attached hydrogen (secondary N) is 1. The van der Waals surface area contributed by atoms with Crippen LogP contribution in [-0.2, 0) is 4.84 Å². The molecule has 0 aliphatic carbocycles. The lowest BCUT2D eigenvalue weighted by Crippen LogP contribution is -2.25. The molecule has 0 aromatic rings. The number of carbonyl (C=O) groups excluding carboxylic acids is 1. The zero-order chi connectivity index (χ0) is 5.70. The molecule has 0 aliphatic rings. The summed E-state index contributed by atoms with van der Waals surface area (Å²) in [6.45, 7) is 2.31. The van der Waals surface area contributed by atoms with E-state index in [0.717, 1.165) is 0 Å². The number of rotatable bonds is 1. The number of carbonyl (C=O) groups is 1. The van der Waals surface area contributed by atoms with Crippen molar-refractivity contribution >= 4 is 6.09 Å². The van der Waals surface area contributed by atoms with Crippen LogP contribution in [0.5, 0.6) is 0 Å². The number of amides is 1. The number of hydrogen-bond acceptors (Lipinski definition) is 3. The van der Waals surface area contributed by atoms with Gasteiger partial charge in [0.25, 0.3) is 0 Å². The van der Waals surface area contributed by atoms with Crippen molar-refractivity contribution in [2.75, 3.05) is 6.54 Å². The first-order valence-corrected chi connectivity index (χ1v) is 1.95. The zero-order valence-corrected chi connectivity index (χ0v) is 4.10. The SMILES string of the molecule is CCNC(=O)ON. The summed E-state index contributed by atoms with van der Waals surface area (Å²) in [4.78, 5) is 13.7. The molecule has 0 saturated carbocycles. The van der Waals surface area contributed by atoms with Gasteiger partial charge in [0, 0.05) is 6.54 Å². The molecule has 0 aliphatic heterocycles. The van der Waals surface area contributed by atoms with Crippen LogP contribution in [0.1, 0.15) is 6.92 Å². The molecule has 0 saturated heterocycles. The van der Waals surface area contributed by atoms with Crippen molar-refractivity contribution in [1.29, 1.82) is 0 Å². The van der Waals surface area contributed by atoms with E-state index in [4.69, 9.17) is 0 Å². The molecular formula is C3H8N2O2. The summed E-state index contributed by atoms with van der Waals surface area (Å²) in [7, 11) is 0. The van der Waals surface area contributed by atoms with Gasteiger partial charge in [-0.15, -0.1) is 0 Å². The van der Waals surface area contributed by atoms with Gasteiger partial charge in [-0.3, -0.25) is 0 Å². The van der Waals surface area contributed by atoms with Gasteiger partial charge >= 0.3 is 6.09 Å². The summed E-state index contributed by atoms with van der Waals surface area (Å²) in [5, 5.41) is 2.31. The Kier molecular flexibility index (Phi) is 3.04. The molecule has 0 bridgehead atoms. The zero-order valence-electron chi connectivity index (χ0n) is 4.10. The summed E-state index contributed by atoms with van der Waals surface area (Å²) in [6.07, 6.45) is -0.595. The van der Waals surface area contributed by atoms with E-state index in [-0.39, 0.29) is 0 Å². The molecule has 0 rings (SSSR count). The van der Waals surface area contributed by atoms with Gasteiger partial charge in [-0.25, -0.2) is 4.79 Å². The molecule has 1 amide bonds. The van der Waals surface area contributed by atoms with E-state index in [0.29, 0.717) is 6.54 Å². The first kappa shape index (κ1) is 6.23. The lowest BCUT2D eigenvalue weighted by atomic mass is 10.8. The Morgan fingerprint density at radius 1 is 2.00 bits per heavy atom. The lowest BCUT2D eigenvalue weighted by molar-refractivity contribution is 0.148. The van der Waals surface area contributed by atoms with Crippen molar-refractivity contribution in [2.24, 2.45) is 5.90 Å². The predicted octanol–water partition coefficient (Wildman–Crippen LogP) is -0.394. The van der Waals surface area contributed by atoms with Crippen LogP contribution in [-0.4, -0.2) is 12.6 Å². The van der Waals surface area contributed by atoms with Crippen LogP contribution < -0.4 is 11.2 Å². The Morgan fingerprint density at radius 3 is 2.71 bits per heavy atom. The van der Waals surface area contributed by atoms with Gasteiger partial charge in [0.2, 0.25) is 0 Å². The highest BCUT2D eigenvalue weighted by molar-refractivity contribution is 5.66. The maximum absolute atomic E-state index is 9.95. The topological polar surface area (TPSA) is 64.3 Å². The second-order valence-corrected chi connectivity index (χ2v) is 0.936. The Bertz CT molecular complexity index is 64.0. The monoisotopic (exact) mass is 104 g/mol. The molecule has 0 fully saturated rings. The Morgan fingerprint density at radius 2 is 2.57 bits per heavy atom. The fraction of sp³-hybridized carbons (Fsp3) is 0.667. The van der Waals surface area contributed by atoms with Gasteiger partial charge in [-0.2, -0.15) is 5.90 Å². The molecule has 0 heterocycles. The molecular weight excluding hydrogens is 96.0 g/mol. The van der Waals surface area contributed by atoms with Crippen LogP contribution in [0.3, 0.4) is 0 Å². The third-order valence-corrected chi connectivity index (χ3v) is 0.428. The minimum Gasteiger partial charge on any atom is -0.357 e. The maximum Gasteiger partial charge on any atom is 0.425 e. The second-order valence-electron chi connectivity index (χ2n) is 0.936. The quantitative estimate of drug-likeness (QED) is 0.445. The van der Waals surface area contributed by atoms with Crippen LogP contribution in [0.4, 0.5) is 4.79 Å². The van der Waals surface area contributed by atoms with Crippen LogP contribution >= 0.6 is 0 Å². The lowest BCUT2D eigenvalue weighted by Gasteiger charge is -1.94. The molecule has 0 radical (unpaired) electrons. The van der Waals surface area contributed by atoms with Gasteiger partial charge in [-0.1, -0.05) is 0 Å². The fourth-order valence-corrected chi connectivity index (χ4v) is 0.186. The Balaban J connectivity index is 3.00. The fourth-order valence-electron chi connectivity index (χ4n) is 0.186. The van der Waals surface area contributed by atoms with Crippen LogP contribution in [0.15, 0.2) is 0 Å². The summed E-state index contributed by atoms with van der Waals surface area (Å²) in [5.41, 5.74) is 0. The van der Waals surface area contributed by atoms with Gasteiger partial charge in [0.05, 0.1) is 0 Å². The van der Waals surface area contributed by atoms with Crippen LogP contribution in [0.2, 0.25) is 0 Å². The average molecular weight is 104 g/mol. The van der Waals surface area contributed by atoms with E-state index in [2.05, 4.69) is 16.1 Å². The molecule has 0 aromatic carbocycles. The molecule has 4 heteroatoms. The number of nitrogens with two attached hydrogens (primary N) is 1. The normalized spacial score (nSPS) is 7.71. The van der Waals surface area contributed by atoms with E-state index in [1.165, 1.54) is 0 Å². The van der Waals surface area contributed by atoms with E-state index >= 15 is 0 Å². The largest absolute Gasteiger partial charge is 0.425 e. The minimum absolute atomic E-state index is 0.538. The van der Waals surface area contributed by atoms with Crippen molar-refractivity contribution in [1.82, 2.24) is 5.32 Å². The second kappa shape index (κ2) is 3.42. The third-order valence-electron chi connectivity index (χ3n) is 0.428. The van der Waals surface area contributed by atoms with Crippen molar-refractivity contribution in [3.8, 4) is 0 Å². The van der Waals surface area contributed by atoms with Gasteiger partial charge < -0.3 is 10.2 Å². The predicted molar refractivity (Wildman–Crippen MR) is 24.3 cm³/mol. The standard InChI is InChI=1S/C3H8N2O2/c1-2-5-3(6)7-4/h2,4H2,1H3,(H,5,6). The van der Waals surface area contributed by atoms with E-state index in [9.17, 15) is 4.79 Å². The minimum atomic E-state index is -0.595. The number of hydrogen-bond donors (Lipinski definition) is 2. The molecule has 4 nitrogen and oxygen atoms in total. The maximum atomic E-state index is 9.95. The average Bonchev–Trinajstić information content (AvgIpc) is 1.68. The summed E-state index contributed by atoms with van der Waals surface area (Å²) >= 11 is 0.